The van der Waals surface area contributed by atoms with Crippen molar-refractivity contribution in [3.8, 4) is 0 Å². The Labute approximate surface area is 168 Å². The maximum atomic E-state index is 11.7. The van der Waals surface area contributed by atoms with Gasteiger partial charge in [0.2, 0.25) is 0 Å². The van der Waals surface area contributed by atoms with E-state index < -0.39 is 5.91 Å². The highest BCUT2D eigenvalue weighted by molar-refractivity contribution is 6.10. The molecule has 6 N–H and O–H groups in total. The number of ether oxygens (including phenoxy) is 1. The molecular formula is C22H23N5O2. The number of anilines is 1. The van der Waals surface area contributed by atoms with Crippen molar-refractivity contribution in [2.75, 3.05) is 18.9 Å². The standard InChI is InChI=1S/C22H23N5O2/c23-11-15(13-29-12-14-6-2-1-3-7-14)27-19-9-5-4-8-16(19)17-10-18(21(25)28)20(24)26-22(17)27/h1-10,15H,11-13,23H2,(H2,24,26)(H2,25,28). The number of fused-ring (bicyclic) bond motifs is 3. The van der Waals surface area contributed by atoms with Crippen LogP contribution in [-0.2, 0) is 11.3 Å². The molecule has 29 heavy (non-hydrogen) atoms. The van der Waals surface area contributed by atoms with Crippen LogP contribution in [0.1, 0.15) is 22.0 Å². The minimum absolute atomic E-state index is 0.107. The van der Waals surface area contributed by atoms with E-state index in [-0.39, 0.29) is 17.4 Å². The van der Waals surface area contributed by atoms with E-state index in [4.69, 9.17) is 21.9 Å². The number of carbonyl (C=O) groups is 1. The normalized spacial score (nSPS) is 12.4. The highest BCUT2D eigenvalue weighted by Gasteiger charge is 2.21. The van der Waals surface area contributed by atoms with Gasteiger partial charge < -0.3 is 26.5 Å². The zero-order chi connectivity index (χ0) is 20.4. The fourth-order valence-electron chi connectivity index (χ4n) is 3.63. The van der Waals surface area contributed by atoms with Gasteiger partial charge in [-0.15, -0.1) is 0 Å². The Kier molecular flexibility index (Phi) is 5.16. The molecule has 1 amide bonds. The summed E-state index contributed by atoms with van der Waals surface area (Å²) in [6, 6.07) is 19.4. The number of nitrogens with two attached hydrogens (primary N) is 3. The van der Waals surface area contributed by atoms with Crippen LogP contribution in [0.15, 0.2) is 60.7 Å². The zero-order valence-electron chi connectivity index (χ0n) is 15.9. The molecule has 0 radical (unpaired) electrons. The summed E-state index contributed by atoms with van der Waals surface area (Å²) >= 11 is 0. The van der Waals surface area contributed by atoms with Gasteiger partial charge in [0.1, 0.15) is 11.5 Å². The largest absolute Gasteiger partial charge is 0.383 e. The van der Waals surface area contributed by atoms with Crippen molar-refractivity contribution in [1.29, 1.82) is 0 Å². The van der Waals surface area contributed by atoms with Gasteiger partial charge in [0.05, 0.1) is 30.3 Å². The summed E-state index contributed by atoms with van der Waals surface area (Å²) < 4.78 is 7.99. The van der Waals surface area contributed by atoms with Gasteiger partial charge in [-0.1, -0.05) is 48.5 Å². The number of pyridine rings is 1. The lowest BCUT2D eigenvalue weighted by Gasteiger charge is -2.19. The van der Waals surface area contributed by atoms with Crippen molar-refractivity contribution < 1.29 is 9.53 Å². The molecule has 1 unspecified atom stereocenters. The molecule has 4 aromatic rings. The fourth-order valence-corrected chi connectivity index (χ4v) is 3.63. The Morgan fingerprint density at radius 3 is 2.52 bits per heavy atom. The lowest BCUT2D eigenvalue weighted by molar-refractivity contribution is 0.0941. The van der Waals surface area contributed by atoms with Gasteiger partial charge in [-0.2, -0.15) is 0 Å². The van der Waals surface area contributed by atoms with E-state index >= 15 is 0 Å². The van der Waals surface area contributed by atoms with Crippen LogP contribution in [0.5, 0.6) is 0 Å². The van der Waals surface area contributed by atoms with E-state index in [9.17, 15) is 4.79 Å². The molecule has 148 valence electrons. The third-order valence-corrected chi connectivity index (χ3v) is 5.04. The van der Waals surface area contributed by atoms with Crippen molar-refractivity contribution in [2.45, 2.75) is 12.6 Å². The predicted molar refractivity (Wildman–Crippen MR) is 114 cm³/mol. The Bertz CT molecular complexity index is 1170. The quantitative estimate of drug-likeness (QED) is 0.448. The van der Waals surface area contributed by atoms with Crippen LogP contribution >= 0.6 is 0 Å². The summed E-state index contributed by atoms with van der Waals surface area (Å²) in [5, 5.41) is 1.77. The summed E-state index contributed by atoms with van der Waals surface area (Å²) in [7, 11) is 0. The van der Waals surface area contributed by atoms with Crippen LogP contribution in [-0.4, -0.2) is 28.6 Å². The number of hydrogen-bond acceptors (Lipinski definition) is 5. The van der Waals surface area contributed by atoms with E-state index in [1.54, 1.807) is 6.07 Å². The molecule has 0 saturated carbocycles. The molecule has 0 fully saturated rings. The van der Waals surface area contributed by atoms with Crippen LogP contribution in [0.4, 0.5) is 5.82 Å². The Balaban J connectivity index is 1.75. The molecule has 4 rings (SSSR count). The molecule has 2 aromatic heterocycles. The van der Waals surface area contributed by atoms with Crippen LogP contribution in [0.3, 0.4) is 0 Å². The van der Waals surface area contributed by atoms with Gasteiger partial charge in [-0.3, -0.25) is 4.79 Å². The number of carbonyl (C=O) groups excluding carboxylic acids is 1. The SMILES string of the molecule is NCC(COCc1ccccc1)n1c2ccccc2c2cc(C(N)=O)c(N)nc21. The first-order chi connectivity index (χ1) is 14.1. The second-order valence-corrected chi connectivity index (χ2v) is 6.93. The number of para-hydroxylation sites is 1. The smallest absolute Gasteiger partial charge is 0.252 e. The van der Waals surface area contributed by atoms with Gasteiger partial charge in [0, 0.05) is 17.3 Å². The van der Waals surface area contributed by atoms with Crippen LogP contribution in [0.2, 0.25) is 0 Å². The number of rotatable bonds is 7. The van der Waals surface area contributed by atoms with Gasteiger partial charge >= 0.3 is 0 Å². The average molecular weight is 389 g/mol. The predicted octanol–water partition coefficient (Wildman–Crippen LogP) is 2.59. The van der Waals surface area contributed by atoms with Crippen LogP contribution in [0.25, 0.3) is 21.9 Å². The first-order valence-electron chi connectivity index (χ1n) is 9.41. The van der Waals surface area contributed by atoms with Gasteiger partial charge in [-0.05, 0) is 17.7 Å². The Morgan fingerprint density at radius 2 is 1.79 bits per heavy atom. The first-order valence-corrected chi connectivity index (χ1v) is 9.41. The second kappa shape index (κ2) is 7.90. The van der Waals surface area contributed by atoms with Gasteiger partial charge in [-0.25, -0.2) is 4.98 Å². The molecule has 0 aliphatic heterocycles. The number of nitrogen functional groups attached to an aromatic ring is 1. The topological polar surface area (TPSA) is 122 Å². The van der Waals surface area contributed by atoms with E-state index in [1.807, 2.05) is 59.2 Å². The highest BCUT2D eigenvalue weighted by atomic mass is 16.5. The molecule has 0 aliphatic carbocycles. The number of nitrogens with zero attached hydrogens (tertiary/aromatic N) is 2. The van der Waals surface area contributed by atoms with Gasteiger partial charge in [0.15, 0.2) is 0 Å². The molecule has 2 heterocycles. The summed E-state index contributed by atoms with van der Waals surface area (Å²) in [4.78, 5) is 16.2. The maximum Gasteiger partial charge on any atom is 0.252 e. The van der Waals surface area contributed by atoms with Crippen molar-refractivity contribution in [1.82, 2.24) is 9.55 Å². The van der Waals surface area contributed by atoms with Crippen LogP contribution < -0.4 is 17.2 Å². The minimum Gasteiger partial charge on any atom is -0.383 e. The number of benzene rings is 2. The monoisotopic (exact) mass is 389 g/mol. The minimum atomic E-state index is -0.602. The van der Waals surface area contributed by atoms with E-state index in [0.29, 0.717) is 25.4 Å². The molecule has 0 spiro atoms. The second-order valence-electron chi connectivity index (χ2n) is 6.93. The number of amides is 1. The molecular weight excluding hydrogens is 366 g/mol. The van der Waals surface area contributed by atoms with E-state index in [0.717, 1.165) is 21.9 Å². The molecule has 0 saturated heterocycles. The average Bonchev–Trinajstić information content (AvgIpc) is 3.04. The van der Waals surface area contributed by atoms with E-state index in [1.165, 1.54) is 0 Å². The molecule has 2 aromatic carbocycles. The number of aromatic nitrogens is 2. The third-order valence-electron chi connectivity index (χ3n) is 5.04. The van der Waals surface area contributed by atoms with Crippen molar-refractivity contribution in [3.63, 3.8) is 0 Å². The fraction of sp³-hybridized carbons (Fsp3) is 0.182. The zero-order valence-corrected chi connectivity index (χ0v) is 15.9. The van der Waals surface area contributed by atoms with E-state index in [2.05, 4.69) is 4.98 Å². The van der Waals surface area contributed by atoms with Gasteiger partial charge in [0.25, 0.3) is 5.91 Å². The first kappa shape index (κ1) is 18.9. The molecule has 0 bridgehead atoms. The van der Waals surface area contributed by atoms with Crippen molar-refractivity contribution >= 4 is 33.7 Å². The Morgan fingerprint density at radius 1 is 1.07 bits per heavy atom. The summed E-state index contributed by atoms with van der Waals surface area (Å²) in [5.41, 5.74) is 20.5. The Hall–Kier alpha value is -3.42. The molecule has 7 heteroatoms. The highest BCUT2D eigenvalue weighted by Crippen LogP contribution is 2.32. The van der Waals surface area contributed by atoms with Crippen LogP contribution in [0, 0.1) is 0 Å². The summed E-state index contributed by atoms with van der Waals surface area (Å²) in [6.07, 6.45) is 0. The lowest BCUT2D eigenvalue weighted by Crippen LogP contribution is -2.24. The number of primary amides is 1. The third kappa shape index (κ3) is 3.53. The summed E-state index contributed by atoms with van der Waals surface area (Å²) in [6.45, 7) is 1.27. The van der Waals surface area contributed by atoms with Crippen molar-refractivity contribution in [3.05, 3.63) is 71.8 Å². The molecule has 1 atom stereocenters. The molecule has 0 aliphatic rings. The van der Waals surface area contributed by atoms with Crippen molar-refractivity contribution in [2.24, 2.45) is 11.5 Å². The molecule has 7 nitrogen and oxygen atoms in total. The maximum absolute atomic E-state index is 11.7. The number of hydrogen-bond donors (Lipinski definition) is 3. The lowest BCUT2D eigenvalue weighted by atomic mass is 10.1. The summed E-state index contributed by atoms with van der Waals surface area (Å²) in [5.74, 6) is -0.495.